The largest absolute Gasteiger partial charge is 0.375 e. The maximum Gasteiger partial charge on any atom is 0.271 e. The van der Waals surface area contributed by atoms with Crippen molar-refractivity contribution in [3.05, 3.63) is 18.2 Å². The molecule has 1 atom stereocenters. The van der Waals surface area contributed by atoms with Crippen molar-refractivity contribution in [3.63, 3.8) is 0 Å². The lowest BCUT2D eigenvalue weighted by Crippen LogP contribution is -2.45. The second kappa shape index (κ2) is 5.71. The van der Waals surface area contributed by atoms with Crippen LogP contribution in [-0.2, 0) is 11.3 Å². The van der Waals surface area contributed by atoms with E-state index in [0.717, 1.165) is 12.8 Å². The SMILES string of the molecule is CC1(C)CC(NC(=O)c2cn(CCN)cn2)CCO1. The van der Waals surface area contributed by atoms with E-state index in [1.54, 1.807) is 12.5 Å². The molecule has 1 aliphatic rings. The van der Waals surface area contributed by atoms with Crippen molar-refractivity contribution in [2.24, 2.45) is 5.73 Å². The Hall–Kier alpha value is -1.40. The zero-order valence-corrected chi connectivity index (χ0v) is 11.6. The number of hydrogen-bond acceptors (Lipinski definition) is 4. The Balaban J connectivity index is 1.92. The van der Waals surface area contributed by atoms with Crippen molar-refractivity contribution in [2.75, 3.05) is 13.2 Å². The molecule has 6 heteroatoms. The highest BCUT2D eigenvalue weighted by Crippen LogP contribution is 2.23. The van der Waals surface area contributed by atoms with Gasteiger partial charge in [-0.15, -0.1) is 0 Å². The lowest BCUT2D eigenvalue weighted by atomic mass is 9.94. The molecule has 2 rings (SSSR count). The molecule has 1 fully saturated rings. The number of ether oxygens (including phenoxy) is 1. The molecule has 0 saturated carbocycles. The van der Waals surface area contributed by atoms with Gasteiger partial charge in [-0.2, -0.15) is 0 Å². The number of rotatable bonds is 4. The minimum absolute atomic E-state index is 0.126. The summed E-state index contributed by atoms with van der Waals surface area (Å²) in [5.41, 5.74) is 5.73. The maximum absolute atomic E-state index is 12.1. The fourth-order valence-corrected chi connectivity index (χ4v) is 2.36. The first kappa shape index (κ1) is 14.0. The monoisotopic (exact) mass is 266 g/mol. The number of hydrogen-bond donors (Lipinski definition) is 2. The molecular formula is C13H22N4O2. The zero-order valence-electron chi connectivity index (χ0n) is 11.6. The van der Waals surface area contributed by atoms with Crippen molar-refractivity contribution >= 4 is 5.91 Å². The summed E-state index contributed by atoms with van der Waals surface area (Å²) in [5, 5.41) is 3.02. The van der Waals surface area contributed by atoms with E-state index in [9.17, 15) is 4.79 Å². The van der Waals surface area contributed by atoms with Crippen LogP contribution in [0.3, 0.4) is 0 Å². The first-order chi connectivity index (χ1) is 9.00. The molecule has 19 heavy (non-hydrogen) atoms. The van der Waals surface area contributed by atoms with E-state index >= 15 is 0 Å². The standard InChI is InChI=1S/C13H22N4O2/c1-13(2)7-10(3-6-19-13)16-12(18)11-8-17(5-4-14)9-15-11/h8-10H,3-7,14H2,1-2H3,(H,16,18). The van der Waals surface area contributed by atoms with Gasteiger partial charge in [0.25, 0.3) is 5.91 Å². The second-order valence-corrected chi connectivity index (χ2v) is 5.56. The molecule has 106 valence electrons. The van der Waals surface area contributed by atoms with Crippen molar-refractivity contribution in [1.29, 1.82) is 0 Å². The van der Waals surface area contributed by atoms with Gasteiger partial charge in [-0.1, -0.05) is 0 Å². The fourth-order valence-electron chi connectivity index (χ4n) is 2.36. The summed E-state index contributed by atoms with van der Waals surface area (Å²) >= 11 is 0. The lowest BCUT2D eigenvalue weighted by Gasteiger charge is -2.35. The lowest BCUT2D eigenvalue weighted by molar-refractivity contribution is -0.0615. The Bertz CT molecular complexity index is 442. The maximum atomic E-state index is 12.1. The summed E-state index contributed by atoms with van der Waals surface area (Å²) in [6.45, 7) is 5.97. The Morgan fingerprint density at radius 3 is 3.16 bits per heavy atom. The Morgan fingerprint density at radius 2 is 2.47 bits per heavy atom. The number of carbonyl (C=O) groups excluding carboxylic acids is 1. The van der Waals surface area contributed by atoms with Crippen LogP contribution in [-0.4, -0.2) is 40.3 Å². The van der Waals surface area contributed by atoms with Gasteiger partial charge in [-0.25, -0.2) is 4.98 Å². The molecule has 2 heterocycles. The molecule has 1 amide bonds. The van der Waals surface area contributed by atoms with Crippen LogP contribution < -0.4 is 11.1 Å². The summed E-state index contributed by atoms with van der Waals surface area (Å²) in [4.78, 5) is 16.2. The summed E-state index contributed by atoms with van der Waals surface area (Å²) < 4.78 is 7.46. The number of imidazole rings is 1. The molecule has 0 aromatic carbocycles. The van der Waals surface area contributed by atoms with Crippen LogP contribution in [0.1, 0.15) is 37.2 Å². The van der Waals surface area contributed by atoms with E-state index in [1.807, 2.05) is 18.4 Å². The van der Waals surface area contributed by atoms with E-state index in [2.05, 4.69) is 10.3 Å². The van der Waals surface area contributed by atoms with Gasteiger partial charge >= 0.3 is 0 Å². The number of nitrogens with two attached hydrogens (primary N) is 1. The van der Waals surface area contributed by atoms with Crippen LogP contribution in [0, 0.1) is 0 Å². The molecular weight excluding hydrogens is 244 g/mol. The quantitative estimate of drug-likeness (QED) is 0.833. The highest BCUT2D eigenvalue weighted by molar-refractivity contribution is 5.92. The Kier molecular flexibility index (Phi) is 4.21. The normalized spacial score (nSPS) is 22.2. The van der Waals surface area contributed by atoms with Crippen molar-refractivity contribution in [2.45, 2.75) is 44.9 Å². The molecule has 1 unspecified atom stereocenters. The van der Waals surface area contributed by atoms with Crippen LogP contribution >= 0.6 is 0 Å². The average molecular weight is 266 g/mol. The fraction of sp³-hybridized carbons (Fsp3) is 0.692. The Labute approximate surface area is 113 Å². The molecule has 1 aromatic rings. The molecule has 0 radical (unpaired) electrons. The first-order valence-corrected chi connectivity index (χ1v) is 6.67. The minimum atomic E-state index is -0.172. The highest BCUT2D eigenvalue weighted by Gasteiger charge is 2.30. The van der Waals surface area contributed by atoms with Crippen LogP contribution in [0.15, 0.2) is 12.5 Å². The summed E-state index contributed by atoms with van der Waals surface area (Å²) in [7, 11) is 0. The third-order valence-electron chi connectivity index (χ3n) is 3.29. The van der Waals surface area contributed by atoms with E-state index in [0.29, 0.717) is 25.4 Å². The minimum Gasteiger partial charge on any atom is -0.375 e. The number of nitrogens with one attached hydrogen (secondary N) is 1. The van der Waals surface area contributed by atoms with E-state index in [1.165, 1.54) is 0 Å². The van der Waals surface area contributed by atoms with E-state index < -0.39 is 0 Å². The Morgan fingerprint density at radius 1 is 1.68 bits per heavy atom. The average Bonchev–Trinajstić information content (AvgIpc) is 2.77. The molecule has 0 spiro atoms. The van der Waals surface area contributed by atoms with Gasteiger partial charge in [0.15, 0.2) is 0 Å². The molecule has 3 N–H and O–H groups in total. The third-order valence-corrected chi connectivity index (χ3v) is 3.29. The molecule has 6 nitrogen and oxygen atoms in total. The number of amides is 1. The third kappa shape index (κ3) is 3.78. The predicted molar refractivity (Wildman–Crippen MR) is 71.8 cm³/mol. The molecule has 0 aliphatic carbocycles. The molecule has 1 aliphatic heterocycles. The predicted octanol–water partition coefficient (Wildman–Crippen LogP) is 0.529. The van der Waals surface area contributed by atoms with Gasteiger partial charge in [0, 0.05) is 31.9 Å². The molecule has 0 bridgehead atoms. The number of aromatic nitrogens is 2. The zero-order chi connectivity index (χ0) is 13.9. The van der Waals surface area contributed by atoms with Gasteiger partial charge in [0.2, 0.25) is 0 Å². The topological polar surface area (TPSA) is 82.2 Å². The summed E-state index contributed by atoms with van der Waals surface area (Å²) in [5.74, 6) is -0.126. The molecule has 1 saturated heterocycles. The van der Waals surface area contributed by atoms with Crippen LogP contribution in [0.5, 0.6) is 0 Å². The van der Waals surface area contributed by atoms with E-state index in [-0.39, 0.29) is 17.6 Å². The smallest absolute Gasteiger partial charge is 0.271 e. The first-order valence-electron chi connectivity index (χ1n) is 6.67. The van der Waals surface area contributed by atoms with Crippen LogP contribution in [0.25, 0.3) is 0 Å². The number of nitrogens with zero attached hydrogens (tertiary/aromatic N) is 2. The van der Waals surface area contributed by atoms with Crippen LogP contribution in [0.2, 0.25) is 0 Å². The van der Waals surface area contributed by atoms with Crippen LogP contribution in [0.4, 0.5) is 0 Å². The second-order valence-electron chi connectivity index (χ2n) is 5.56. The van der Waals surface area contributed by atoms with Gasteiger partial charge in [-0.3, -0.25) is 4.79 Å². The van der Waals surface area contributed by atoms with Crippen molar-refractivity contribution in [1.82, 2.24) is 14.9 Å². The molecule has 1 aromatic heterocycles. The van der Waals surface area contributed by atoms with Gasteiger partial charge in [0.05, 0.1) is 11.9 Å². The van der Waals surface area contributed by atoms with E-state index in [4.69, 9.17) is 10.5 Å². The highest BCUT2D eigenvalue weighted by atomic mass is 16.5. The summed E-state index contributed by atoms with van der Waals surface area (Å²) in [6.07, 6.45) is 5.03. The van der Waals surface area contributed by atoms with Crippen molar-refractivity contribution < 1.29 is 9.53 Å². The van der Waals surface area contributed by atoms with Gasteiger partial charge < -0.3 is 20.4 Å². The number of carbonyl (C=O) groups is 1. The van der Waals surface area contributed by atoms with Crippen molar-refractivity contribution in [3.8, 4) is 0 Å². The summed E-state index contributed by atoms with van der Waals surface area (Å²) in [6, 6.07) is 0.149. The van der Waals surface area contributed by atoms with Gasteiger partial charge in [-0.05, 0) is 26.7 Å². The van der Waals surface area contributed by atoms with Gasteiger partial charge in [0.1, 0.15) is 5.69 Å².